The third kappa shape index (κ3) is 7.22. The van der Waals surface area contributed by atoms with Crippen LogP contribution in [0, 0.1) is 11.3 Å². The molecule has 1 aromatic carbocycles. The van der Waals surface area contributed by atoms with E-state index in [4.69, 9.17) is 14.2 Å². The van der Waals surface area contributed by atoms with Crippen LogP contribution in [0.25, 0.3) is 11.1 Å². The molecule has 0 atom stereocenters. The number of rotatable bonds is 10. The number of amides is 1. The predicted molar refractivity (Wildman–Crippen MR) is 163 cm³/mol. The van der Waals surface area contributed by atoms with Crippen molar-refractivity contribution in [1.29, 1.82) is 5.26 Å². The molecule has 1 aliphatic heterocycles. The summed E-state index contributed by atoms with van der Waals surface area (Å²) in [6.45, 7) is 1.29. The van der Waals surface area contributed by atoms with E-state index in [0.29, 0.717) is 48.9 Å². The van der Waals surface area contributed by atoms with Crippen molar-refractivity contribution in [1.82, 2.24) is 29.9 Å². The van der Waals surface area contributed by atoms with Crippen LogP contribution < -0.4 is 20.3 Å². The molecule has 14 nitrogen and oxygen atoms in total. The van der Waals surface area contributed by atoms with Gasteiger partial charge in [0.05, 0.1) is 32.6 Å². The zero-order valence-corrected chi connectivity index (χ0v) is 24.7. The van der Waals surface area contributed by atoms with Gasteiger partial charge in [0.2, 0.25) is 11.9 Å². The maximum Gasteiger partial charge on any atom is 0.417 e. The zero-order valence-electron chi connectivity index (χ0n) is 24.7. The third-order valence-electron chi connectivity index (χ3n) is 7.68. The Bertz CT molecular complexity index is 1620. The molecular weight excluding hydrogens is 576 g/mol. The molecule has 1 saturated heterocycles. The normalized spacial score (nSPS) is 17.8. The van der Waals surface area contributed by atoms with Gasteiger partial charge in [0, 0.05) is 48.0 Å². The van der Waals surface area contributed by atoms with Crippen LogP contribution in [0.5, 0.6) is 6.01 Å². The summed E-state index contributed by atoms with van der Waals surface area (Å²) in [4.78, 5) is 41.4. The minimum absolute atomic E-state index is 0.0784. The number of hydrogen-bond donors (Lipinski definition) is 2. The van der Waals surface area contributed by atoms with Crippen LogP contribution in [0.2, 0.25) is 0 Å². The van der Waals surface area contributed by atoms with Crippen molar-refractivity contribution in [3.8, 4) is 23.2 Å². The number of methoxy groups -OCH3 is 1. The van der Waals surface area contributed by atoms with Crippen LogP contribution in [0.1, 0.15) is 36.8 Å². The molecule has 3 aromatic heterocycles. The fourth-order valence-corrected chi connectivity index (χ4v) is 5.16. The number of benzene rings is 1. The van der Waals surface area contributed by atoms with E-state index in [1.54, 1.807) is 29.7 Å². The van der Waals surface area contributed by atoms with E-state index >= 15 is 0 Å². The largest absolute Gasteiger partial charge is 0.467 e. The number of nitrogens with zero attached hydrogens (tertiary/aromatic N) is 8. The fourth-order valence-electron chi connectivity index (χ4n) is 5.16. The van der Waals surface area contributed by atoms with Gasteiger partial charge >= 0.3 is 12.1 Å². The molecule has 1 aliphatic carbocycles. The van der Waals surface area contributed by atoms with Crippen LogP contribution >= 0.6 is 0 Å². The lowest BCUT2D eigenvalue weighted by atomic mass is 9.90. The summed E-state index contributed by atoms with van der Waals surface area (Å²) in [7, 11) is 1.50. The molecule has 45 heavy (non-hydrogen) atoms. The van der Waals surface area contributed by atoms with Gasteiger partial charge in [-0.2, -0.15) is 10.2 Å². The maximum atomic E-state index is 13.5. The van der Waals surface area contributed by atoms with E-state index in [2.05, 4.69) is 46.6 Å². The molecule has 2 fully saturated rings. The molecule has 0 radical (unpaired) electrons. The molecule has 2 aliphatic rings. The van der Waals surface area contributed by atoms with Gasteiger partial charge in [0.15, 0.2) is 0 Å². The molecule has 0 spiro atoms. The van der Waals surface area contributed by atoms with Crippen molar-refractivity contribution < 1.29 is 19.0 Å². The highest BCUT2D eigenvalue weighted by molar-refractivity contribution is 5.86. The Morgan fingerprint density at radius 3 is 2.24 bits per heavy atom. The highest BCUT2D eigenvalue weighted by Crippen LogP contribution is 2.29. The van der Waals surface area contributed by atoms with Crippen LogP contribution in [-0.2, 0) is 16.1 Å². The quantitative estimate of drug-likeness (QED) is 0.265. The Kier molecular flexibility index (Phi) is 9.16. The molecule has 14 heteroatoms. The first-order valence-corrected chi connectivity index (χ1v) is 14.7. The van der Waals surface area contributed by atoms with E-state index in [9.17, 15) is 10.1 Å². The van der Waals surface area contributed by atoms with Crippen molar-refractivity contribution in [3.63, 3.8) is 0 Å². The molecule has 1 amide bonds. The Morgan fingerprint density at radius 1 is 0.933 bits per heavy atom. The molecule has 2 N–H and O–H groups in total. The van der Waals surface area contributed by atoms with E-state index < -0.39 is 6.09 Å². The standard InChI is InChI=1S/C31H32N10O4/c1-43-30-36-15-23(16-37-30)22-13-34-29(35-14-22)41(31(42)45-17-20-5-3-2-4-6-20)26-9-7-24(8-10-26)39-28-33-12-21(11-32)27(40-28)38-25-18-44-19-25/h2-6,12-16,24-26H,7-10,17-19H2,1H3,(H2,33,38,39,40). The Hall–Kier alpha value is -5.42. The van der Waals surface area contributed by atoms with Crippen molar-refractivity contribution in [2.75, 3.05) is 35.9 Å². The summed E-state index contributed by atoms with van der Waals surface area (Å²) in [5.41, 5.74) is 2.69. The number of carbonyl (C=O) groups excluding carboxylic acids is 1. The molecule has 6 rings (SSSR count). The third-order valence-corrected chi connectivity index (χ3v) is 7.68. The van der Waals surface area contributed by atoms with Crippen LogP contribution in [-0.4, -0.2) is 74.4 Å². The first-order chi connectivity index (χ1) is 22.1. The summed E-state index contributed by atoms with van der Waals surface area (Å²) in [6.07, 6.45) is 10.4. The van der Waals surface area contributed by atoms with E-state index in [0.717, 1.165) is 24.0 Å². The van der Waals surface area contributed by atoms with Crippen molar-refractivity contribution >= 4 is 23.8 Å². The molecule has 1 saturated carbocycles. The smallest absolute Gasteiger partial charge is 0.417 e. The van der Waals surface area contributed by atoms with Crippen molar-refractivity contribution in [3.05, 3.63) is 72.4 Å². The highest BCUT2D eigenvalue weighted by atomic mass is 16.6. The van der Waals surface area contributed by atoms with Crippen LogP contribution in [0.4, 0.5) is 22.5 Å². The van der Waals surface area contributed by atoms with Gasteiger partial charge in [-0.05, 0) is 31.2 Å². The highest BCUT2D eigenvalue weighted by Gasteiger charge is 2.33. The number of aromatic nitrogens is 6. The first-order valence-electron chi connectivity index (χ1n) is 14.7. The van der Waals surface area contributed by atoms with E-state index in [1.165, 1.54) is 13.3 Å². The van der Waals surface area contributed by atoms with Gasteiger partial charge in [0.1, 0.15) is 24.1 Å². The summed E-state index contributed by atoms with van der Waals surface area (Å²) < 4.78 is 16.0. The summed E-state index contributed by atoms with van der Waals surface area (Å²) in [5.74, 6) is 1.20. The molecular formula is C31H32N10O4. The van der Waals surface area contributed by atoms with Gasteiger partial charge in [-0.1, -0.05) is 30.3 Å². The SMILES string of the molecule is COc1ncc(-c2cnc(N(C(=O)OCc3ccccc3)C3CCC(Nc4ncc(C#N)c(NC5COC5)n4)CC3)nc2)cn1. The molecule has 0 bridgehead atoms. The Morgan fingerprint density at radius 2 is 1.62 bits per heavy atom. The molecule has 230 valence electrons. The van der Waals surface area contributed by atoms with Gasteiger partial charge in [-0.25, -0.2) is 34.6 Å². The monoisotopic (exact) mass is 608 g/mol. The summed E-state index contributed by atoms with van der Waals surface area (Å²) >= 11 is 0. The average Bonchev–Trinajstić information content (AvgIpc) is 3.07. The second kappa shape index (κ2) is 13.9. The van der Waals surface area contributed by atoms with Gasteiger partial charge in [-0.3, -0.25) is 0 Å². The summed E-state index contributed by atoms with van der Waals surface area (Å²) in [6, 6.07) is 12.0. The van der Waals surface area contributed by atoms with Gasteiger partial charge in [0.25, 0.3) is 0 Å². The van der Waals surface area contributed by atoms with E-state index in [-0.39, 0.29) is 36.7 Å². The Labute approximate surface area is 259 Å². The minimum Gasteiger partial charge on any atom is -0.467 e. The number of nitriles is 1. The maximum absolute atomic E-state index is 13.5. The lowest BCUT2D eigenvalue weighted by Crippen LogP contribution is -2.45. The second-order valence-corrected chi connectivity index (χ2v) is 10.7. The van der Waals surface area contributed by atoms with Crippen LogP contribution in [0.15, 0.2) is 61.3 Å². The minimum atomic E-state index is -0.512. The number of hydrogen-bond acceptors (Lipinski definition) is 13. The fraction of sp³-hybridized carbons (Fsp3) is 0.355. The Balaban J connectivity index is 1.15. The first kappa shape index (κ1) is 29.6. The average molecular weight is 609 g/mol. The number of ether oxygens (including phenoxy) is 3. The zero-order chi connectivity index (χ0) is 31.0. The van der Waals surface area contributed by atoms with Crippen molar-refractivity contribution in [2.45, 2.75) is 50.4 Å². The lowest BCUT2D eigenvalue weighted by Gasteiger charge is -2.35. The van der Waals surface area contributed by atoms with E-state index in [1.807, 2.05) is 30.3 Å². The number of carbonyl (C=O) groups is 1. The van der Waals surface area contributed by atoms with Gasteiger partial charge < -0.3 is 24.8 Å². The molecule has 4 aromatic rings. The van der Waals surface area contributed by atoms with Crippen LogP contribution in [0.3, 0.4) is 0 Å². The lowest BCUT2D eigenvalue weighted by molar-refractivity contribution is 0.0209. The number of anilines is 3. The predicted octanol–water partition coefficient (Wildman–Crippen LogP) is 3.98. The topological polar surface area (TPSA) is 173 Å². The second-order valence-electron chi connectivity index (χ2n) is 10.7. The van der Waals surface area contributed by atoms with Gasteiger partial charge in [-0.15, -0.1) is 0 Å². The van der Waals surface area contributed by atoms with Crippen molar-refractivity contribution in [2.24, 2.45) is 0 Å². The number of nitrogens with one attached hydrogen (secondary N) is 2. The summed E-state index contributed by atoms with van der Waals surface area (Å²) in [5, 5.41) is 16.1. The molecule has 4 heterocycles. The molecule has 0 unspecified atom stereocenters.